The summed E-state index contributed by atoms with van der Waals surface area (Å²) >= 11 is 6.59. The quantitative estimate of drug-likeness (QED) is 0.287. The molecule has 0 unspecified atom stereocenters. The highest BCUT2D eigenvalue weighted by Crippen LogP contribution is 2.43. The zero-order valence-electron chi connectivity index (χ0n) is 25.8. The van der Waals surface area contributed by atoms with Crippen LogP contribution in [-0.2, 0) is 32.5 Å². The Bertz CT molecular complexity index is 1390. The second-order valence-corrected chi connectivity index (χ2v) is 13.9. The molecule has 0 amide bonds. The maximum absolute atomic E-state index is 6.59. The van der Waals surface area contributed by atoms with Gasteiger partial charge >= 0.3 is 0 Å². The summed E-state index contributed by atoms with van der Waals surface area (Å²) in [5, 5.41) is 0.883. The minimum absolute atomic E-state index is 0.422. The fourth-order valence-corrected chi connectivity index (χ4v) is 7.34. The lowest BCUT2D eigenvalue weighted by molar-refractivity contribution is 0.170. The summed E-state index contributed by atoms with van der Waals surface area (Å²) in [6, 6.07) is 13.5. The van der Waals surface area contributed by atoms with Crippen molar-refractivity contribution < 1.29 is 0 Å². The van der Waals surface area contributed by atoms with E-state index in [1.54, 1.807) is 0 Å². The standard InChI is InChI=1S/C36H47ClN4/c1-6-30-26(3)38-33(24-39-16-8-17-39)34(35(30)41-19-14-36(4,5)15-20-41)28-11-12-29-22-40(18-13-27(29)21-28)23-31-25(2)9-7-10-32(31)37/h7,9-12,21H,6,8,13-20,22-24H2,1-5H3. The monoisotopic (exact) mass is 570 g/mol. The minimum Gasteiger partial charge on any atom is -0.371 e. The van der Waals surface area contributed by atoms with Crippen molar-refractivity contribution in [3.8, 4) is 11.1 Å². The third-order valence-corrected chi connectivity index (χ3v) is 10.3. The Balaban J connectivity index is 1.37. The Hall–Kier alpha value is -2.40. The number of hydrogen-bond acceptors (Lipinski definition) is 4. The van der Waals surface area contributed by atoms with Gasteiger partial charge in [0.05, 0.1) is 11.4 Å². The van der Waals surface area contributed by atoms with Gasteiger partial charge in [0.1, 0.15) is 0 Å². The van der Waals surface area contributed by atoms with E-state index in [2.05, 4.69) is 73.6 Å². The van der Waals surface area contributed by atoms with Crippen LogP contribution in [0, 0.1) is 19.3 Å². The number of anilines is 1. The molecule has 0 radical (unpaired) electrons. The first-order valence-corrected chi connectivity index (χ1v) is 16.2. The third-order valence-electron chi connectivity index (χ3n) is 9.98. The number of hydrogen-bond donors (Lipinski definition) is 0. The molecule has 0 aliphatic carbocycles. The molecule has 3 aliphatic heterocycles. The second kappa shape index (κ2) is 11.7. The van der Waals surface area contributed by atoms with Crippen molar-refractivity contribution in [3.63, 3.8) is 0 Å². The Morgan fingerprint density at radius 3 is 2.34 bits per heavy atom. The first-order chi connectivity index (χ1) is 19.7. The molecule has 2 fully saturated rings. The van der Waals surface area contributed by atoms with Crippen LogP contribution in [0.15, 0.2) is 36.4 Å². The summed E-state index contributed by atoms with van der Waals surface area (Å²) in [7, 11) is 0. The number of benzene rings is 2. The van der Waals surface area contributed by atoms with Gasteiger partial charge in [0.2, 0.25) is 0 Å². The van der Waals surface area contributed by atoms with E-state index in [-0.39, 0.29) is 0 Å². The largest absolute Gasteiger partial charge is 0.371 e. The lowest BCUT2D eigenvalue weighted by Crippen LogP contribution is -2.39. The Morgan fingerprint density at radius 1 is 0.878 bits per heavy atom. The lowest BCUT2D eigenvalue weighted by Gasteiger charge is -2.41. The molecule has 5 heteroatoms. The van der Waals surface area contributed by atoms with Gasteiger partial charge in [-0.3, -0.25) is 14.8 Å². The molecule has 0 spiro atoms. The molecule has 3 aliphatic rings. The van der Waals surface area contributed by atoms with Crippen LogP contribution < -0.4 is 4.90 Å². The number of halogens is 1. The predicted molar refractivity (Wildman–Crippen MR) is 173 cm³/mol. The van der Waals surface area contributed by atoms with Crippen molar-refractivity contribution in [3.05, 3.63) is 80.6 Å². The van der Waals surface area contributed by atoms with Crippen molar-refractivity contribution in [1.82, 2.24) is 14.8 Å². The van der Waals surface area contributed by atoms with Gasteiger partial charge in [0.25, 0.3) is 0 Å². The normalized spacial score (nSPS) is 19.2. The van der Waals surface area contributed by atoms with Crippen LogP contribution in [0.2, 0.25) is 5.02 Å². The zero-order valence-corrected chi connectivity index (χ0v) is 26.6. The van der Waals surface area contributed by atoms with Crippen LogP contribution in [0.3, 0.4) is 0 Å². The maximum atomic E-state index is 6.59. The summed E-state index contributed by atoms with van der Waals surface area (Å²) in [6.07, 6.45) is 5.87. The van der Waals surface area contributed by atoms with E-state index >= 15 is 0 Å². The number of aromatic nitrogens is 1. The number of nitrogens with zero attached hydrogens (tertiary/aromatic N) is 4. The number of aryl methyl sites for hydroxylation is 2. The first-order valence-electron chi connectivity index (χ1n) is 15.8. The van der Waals surface area contributed by atoms with Crippen LogP contribution >= 0.6 is 11.6 Å². The molecule has 2 saturated heterocycles. The highest BCUT2D eigenvalue weighted by molar-refractivity contribution is 6.31. The number of likely N-dealkylation sites (tertiary alicyclic amines) is 1. The molecule has 6 rings (SSSR count). The Morgan fingerprint density at radius 2 is 1.66 bits per heavy atom. The number of piperidine rings is 1. The lowest BCUT2D eigenvalue weighted by atomic mass is 9.81. The van der Waals surface area contributed by atoms with Gasteiger partial charge in [-0.25, -0.2) is 0 Å². The SMILES string of the molecule is CCc1c(C)nc(CN2CCC2)c(-c2ccc3c(c2)CCN(Cc2c(C)cccc2Cl)C3)c1N1CCC(C)(C)CC1. The molecule has 41 heavy (non-hydrogen) atoms. The van der Waals surface area contributed by atoms with Gasteiger partial charge in [-0.15, -0.1) is 0 Å². The van der Waals surface area contributed by atoms with Gasteiger partial charge in [-0.05, 0) is 104 Å². The van der Waals surface area contributed by atoms with Crippen LogP contribution in [-0.4, -0.2) is 47.5 Å². The highest BCUT2D eigenvalue weighted by atomic mass is 35.5. The summed E-state index contributed by atoms with van der Waals surface area (Å²) in [5.74, 6) is 0. The molecule has 4 heterocycles. The maximum Gasteiger partial charge on any atom is 0.0646 e. The van der Waals surface area contributed by atoms with Gasteiger partial charge in [-0.2, -0.15) is 0 Å². The number of rotatable bonds is 7. The molecule has 0 atom stereocenters. The van der Waals surface area contributed by atoms with Gasteiger partial charge in [0, 0.05) is 55.5 Å². The van der Waals surface area contributed by atoms with E-state index in [1.165, 1.54) is 88.4 Å². The molecule has 3 aromatic rings. The average molecular weight is 571 g/mol. The highest BCUT2D eigenvalue weighted by Gasteiger charge is 2.31. The van der Waals surface area contributed by atoms with Crippen LogP contribution in [0.5, 0.6) is 0 Å². The summed E-state index contributed by atoms with van der Waals surface area (Å²) in [4.78, 5) is 13.1. The van der Waals surface area contributed by atoms with Crippen molar-refractivity contribution in [2.75, 3.05) is 37.6 Å². The van der Waals surface area contributed by atoms with E-state index < -0.39 is 0 Å². The molecule has 218 valence electrons. The fraction of sp³-hybridized carbons (Fsp3) is 0.528. The van der Waals surface area contributed by atoms with Gasteiger partial charge < -0.3 is 4.90 Å². The Labute approximate surface area is 252 Å². The summed E-state index contributed by atoms with van der Waals surface area (Å²) < 4.78 is 0. The second-order valence-electron chi connectivity index (χ2n) is 13.5. The molecule has 0 saturated carbocycles. The van der Waals surface area contributed by atoms with Gasteiger partial charge in [0.15, 0.2) is 0 Å². The average Bonchev–Trinajstić information content (AvgIpc) is 2.92. The van der Waals surface area contributed by atoms with E-state index in [0.717, 1.165) is 57.1 Å². The molecular formula is C36H47ClN4. The summed E-state index contributed by atoms with van der Waals surface area (Å²) in [5.41, 5.74) is 14.1. The minimum atomic E-state index is 0.422. The molecule has 1 aromatic heterocycles. The zero-order chi connectivity index (χ0) is 28.7. The van der Waals surface area contributed by atoms with Crippen molar-refractivity contribution in [1.29, 1.82) is 0 Å². The molecular weight excluding hydrogens is 524 g/mol. The molecule has 0 N–H and O–H groups in total. The van der Waals surface area contributed by atoms with E-state index in [1.807, 2.05) is 12.1 Å². The molecule has 4 nitrogen and oxygen atoms in total. The van der Waals surface area contributed by atoms with Crippen molar-refractivity contribution in [2.24, 2.45) is 5.41 Å². The summed E-state index contributed by atoms with van der Waals surface area (Å²) in [6.45, 7) is 20.1. The number of fused-ring (bicyclic) bond motifs is 1. The van der Waals surface area contributed by atoms with E-state index in [9.17, 15) is 0 Å². The Kier molecular flexibility index (Phi) is 8.19. The predicted octanol–water partition coefficient (Wildman–Crippen LogP) is 7.97. The van der Waals surface area contributed by atoms with Gasteiger partial charge in [-0.1, -0.05) is 62.7 Å². The number of pyridine rings is 1. The van der Waals surface area contributed by atoms with E-state index in [0.29, 0.717) is 5.41 Å². The van der Waals surface area contributed by atoms with Crippen molar-refractivity contribution >= 4 is 17.3 Å². The van der Waals surface area contributed by atoms with E-state index in [4.69, 9.17) is 16.6 Å². The van der Waals surface area contributed by atoms with Crippen LogP contribution in [0.1, 0.15) is 79.2 Å². The first kappa shape index (κ1) is 28.7. The topological polar surface area (TPSA) is 22.6 Å². The smallest absolute Gasteiger partial charge is 0.0646 e. The van der Waals surface area contributed by atoms with Crippen LogP contribution in [0.4, 0.5) is 5.69 Å². The van der Waals surface area contributed by atoms with Crippen molar-refractivity contribution in [2.45, 2.75) is 86.4 Å². The third kappa shape index (κ3) is 5.94. The van der Waals surface area contributed by atoms with Crippen LogP contribution in [0.25, 0.3) is 11.1 Å². The molecule has 2 aromatic carbocycles. The fourth-order valence-electron chi connectivity index (χ4n) is 7.05. The molecule has 0 bridgehead atoms.